The van der Waals surface area contributed by atoms with Crippen molar-refractivity contribution in [3.05, 3.63) is 0 Å². The number of carbonyl (C=O) groups excluding carboxylic acids is 1. The molecular weight excluding hydrogens is 318 g/mol. The average Bonchev–Trinajstić information content (AvgIpc) is 1.93. The molecule has 0 aliphatic heterocycles. The molecule has 0 aromatic rings. The standard InChI is InChI=1S/C4H6O10S2.2Na.2H/c5-3(6)1-2(15(8,9)10)4(7)14-16(11,12)13;;;;/h2H,1H2,(H,5,6)(H,8,9,10)(H,11,12,13);;;;/q;2*+1;2*-1. The first-order valence-corrected chi connectivity index (χ1v) is 6.19. The van der Waals surface area contributed by atoms with Crippen LogP contribution in [0.25, 0.3) is 0 Å². The number of carbonyl (C=O) groups is 2. The van der Waals surface area contributed by atoms with E-state index in [9.17, 15) is 26.4 Å². The van der Waals surface area contributed by atoms with Gasteiger partial charge in [0.2, 0.25) is 0 Å². The molecule has 0 saturated heterocycles. The zero-order valence-electron chi connectivity index (χ0n) is 11.3. The molecular formula is C4H8Na2O10S2. The van der Waals surface area contributed by atoms with Crippen molar-refractivity contribution < 1.29 is 107 Å². The minimum Gasteiger partial charge on any atom is -1.00 e. The van der Waals surface area contributed by atoms with Crippen molar-refractivity contribution in [3.8, 4) is 0 Å². The number of hydrogen-bond donors (Lipinski definition) is 3. The Hall–Kier alpha value is 0.760. The normalized spacial score (nSPS) is 12.6. The third-order valence-corrected chi connectivity index (χ3v) is 2.62. The Morgan fingerprint density at radius 3 is 1.72 bits per heavy atom. The molecule has 0 fully saturated rings. The summed E-state index contributed by atoms with van der Waals surface area (Å²) in [5, 5.41) is 5.57. The Labute approximate surface area is 149 Å². The van der Waals surface area contributed by atoms with Gasteiger partial charge in [0.05, 0.1) is 6.42 Å². The van der Waals surface area contributed by atoms with Crippen LogP contribution >= 0.6 is 0 Å². The molecule has 0 bridgehead atoms. The molecule has 98 valence electrons. The summed E-state index contributed by atoms with van der Waals surface area (Å²) in [6, 6.07) is 0. The molecule has 18 heavy (non-hydrogen) atoms. The van der Waals surface area contributed by atoms with Gasteiger partial charge in [-0.05, 0) is 0 Å². The predicted octanol–water partition coefficient (Wildman–Crippen LogP) is -7.70. The second-order valence-electron chi connectivity index (χ2n) is 2.43. The van der Waals surface area contributed by atoms with Crippen LogP contribution in [-0.2, 0) is 34.3 Å². The number of hydrogen-bond acceptors (Lipinski definition) is 7. The van der Waals surface area contributed by atoms with E-state index >= 15 is 0 Å². The zero-order valence-corrected chi connectivity index (χ0v) is 14.9. The molecule has 0 aromatic carbocycles. The van der Waals surface area contributed by atoms with Gasteiger partial charge < -0.3 is 12.1 Å². The molecule has 0 aliphatic carbocycles. The van der Waals surface area contributed by atoms with E-state index in [1.54, 1.807) is 0 Å². The van der Waals surface area contributed by atoms with Crippen LogP contribution in [0.1, 0.15) is 9.27 Å². The summed E-state index contributed by atoms with van der Waals surface area (Å²) in [6.45, 7) is 0. The number of rotatable bonds is 5. The molecule has 0 aromatic heterocycles. The first kappa shape index (κ1) is 23.8. The second-order valence-corrected chi connectivity index (χ2v) is 5.05. The Bertz CT molecular complexity index is 501. The fraction of sp³-hybridized carbons (Fsp3) is 0.500. The number of carboxylic acids is 1. The van der Waals surface area contributed by atoms with Crippen molar-refractivity contribution in [1.29, 1.82) is 0 Å². The molecule has 3 N–H and O–H groups in total. The summed E-state index contributed by atoms with van der Waals surface area (Å²) in [4.78, 5) is 20.9. The van der Waals surface area contributed by atoms with Crippen molar-refractivity contribution in [2.45, 2.75) is 11.7 Å². The van der Waals surface area contributed by atoms with E-state index in [-0.39, 0.29) is 62.0 Å². The van der Waals surface area contributed by atoms with Gasteiger partial charge in [0.25, 0.3) is 10.1 Å². The number of aliphatic carboxylic acids is 1. The molecule has 0 radical (unpaired) electrons. The van der Waals surface area contributed by atoms with E-state index in [1.165, 1.54) is 0 Å². The first-order chi connectivity index (χ1) is 6.93. The smallest absolute Gasteiger partial charge is 1.00 e. The minimum atomic E-state index is -5.28. The van der Waals surface area contributed by atoms with Crippen molar-refractivity contribution in [1.82, 2.24) is 0 Å². The van der Waals surface area contributed by atoms with Gasteiger partial charge in [-0.3, -0.25) is 13.9 Å². The predicted molar refractivity (Wildman–Crippen MR) is 47.5 cm³/mol. The van der Waals surface area contributed by atoms with E-state index in [4.69, 9.17) is 14.2 Å². The Morgan fingerprint density at radius 1 is 1.11 bits per heavy atom. The molecule has 0 saturated carbocycles. The monoisotopic (exact) mass is 326 g/mol. The average molecular weight is 326 g/mol. The van der Waals surface area contributed by atoms with Crippen LogP contribution in [0.2, 0.25) is 0 Å². The summed E-state index contributed by atoms with van der Waals surface area (Å²) in [6.07, 6.45) is -1.41. The Kier molecular flexibility index (Phi) is 11.7. The molecule has 0 spiro atoms. The summed E-state index contributed by atoms with van der Waals surface area (Å²) < 4.78 is 60.8. The maximum atomic E-state index is 10.8. The summed E-state index contributed by atoms with van der Waals surface area (Å²) in [5.74, 6) is -3.91. The van der Waals surface area contributed by atoms with Crippen LogP contribution < -0.4 is 59.1 Å². The third-order valence-electron chi connectivity index (χ3n) is 1.17. The Morgan fingerprint density at radius 2 is 1.50 bits per heavy atom. The van der Waals surface area contributed by atoms with Crippen molar-refractivity contribution in [2.75, 3.05) is 0 Å². The van der Waals surface area contributed by atoms with Gasteiger partial charge in [-0.25, -0.2) is 4.79 Å². The quantitative estimate of drug-likeness (QED) is 0.325. The van der Waals surface area contributed by atoms with Gasteiger partial charge in [-0.15, -0.1) is 0 Å². The maximum Gasteiger partial charge on any atom is 1.00 e. The molecule has 14 heteroatoms. The van der Waals surface area contributed by atoms with Gasteiger partial charge in [-0.2, -0.15) is 16.8 Å². The first-order valence-electron chi connectivity index (χ1n) is 3.32. The SMILES string of the molecule is O=C(O)CC(C(=O)OS(=O)(=O)O)S(=O)(=O)O.[H-].[H-].[Na+].[Na+]. The fourth-order valence-electron chi connectivity index (χ4n) is 0.626. The van der Waals surface area contributed by atoms with E-state index in [1.807, 2.05) is 0 Å². The minimum absolute atomic E-state index is 0. The fourth-order valence-corrected chi connectivity index (χ4v) is 1.66. The van der Waals surface area contributed by atoms with Crippen LogP contribution in [-0.4, -0.2) is 48.2 Å². The zero-order chi connectivity index (χ0) is 13.1. The molecule has 10 nitrogen and oxygen atoms in total. The summed E-state index contributed by atoms with van der Waals surface area (Å²) in [5.41, 5.74) is 0. The molecule has 1 atom stereocenters. The molecule has 0 rings (SSSR count). The Balaban J connectivity index is -0.000000187. The van der Waals surface area contributed by atoms with Gasteiger partial charge in [-0.1, -0.05) is 0 Å². The van der Waals surface area contributed by atoms with E-state index in [0.29, 0.717) is 0 Å². The van der Waals surface area contributed by atoms with Crippen LogP contribution in [0, 0.1) is 0 Å². The van der Waals surface area contributed by atoms with E-state index in [0.717, 1.165) is 0 Å². The van der Waals surface area contributed by atoms with E-state index in [2.05, 4.69) is 4.18 Å². The van der Waals surface area contributed by atoms with E-state index < -0.39 is 44.1 Å². The number of carboxylic acid groups (broad SMARTS) is 1. The molecule has 0 aliphatic rings. The van der Waals surface area contributed by atoms with Crippen molar-refractivity contribution in [3.63, 3.8) is 0 Å². The van der Waals surface area contributed by atoms with Crippen LogP contribution in [0.4, 0.5) is 0 Å². The van der Waals surface area contributed by atoms with Gasteiger partial charge in [0, 0.05) is 0 Å². The largest absolute Gasteiger partial charge is 1.00 e. The van der Waals surface area contributed by atoms with Crippen LogP contribution in [0.5, 0.6) is 0 Å². The topological polar surface area (TPSA) is 172 Å². The summed E-state index contributed by atoms with van der Waals surface area (Å²) >= 11 is 0. The van der Waals surface area contributed by atoms with Crippen LogP contribution in [0.3, 0.4) is 0 Å². The maximum absolute atomic E-state index is 10.8. The van der Waals surface area contributed by atoms with Gasteiger partial charge in [0.1, 0.15) is 0 Å². The molecule has 1 unspecified atom stereocenters. The molecule has 0 heterocycles. The van der Waals surface area contributed by atoms with Gasteiger partial charge >= 0.3 is 81.5 Å². The molecule has 0 amide bonds. The van der Waals surface area contributed by atoms with Crippen molar-refractivity contribution in [2.24, 2.45) is 0 Å². The van der Waals surface area contributed by atoms with Crippen LogP contribution in [0.15, 0.2) is 0 Å². The van der Waals surface area contributed by atoms with Gasteiger partial charge in [0.15, 0.2) is 5.25 Å². The summed E-state index contributed by atoms with van der Waals surface area (Å²) in [7, 11) is -10.4. The van der Waals surface area contributed by atoms with Crippen molar-refractivity contribution >= 4 is 32.5 Å². The second kappa shape index (κ2) is 8.84. The third kappa shape index (κ3) is 10.7.